The Labute approximate surface area is 136 Å². The van der Waals surface area contributed by atoms with Crippen molar-refractivity contribution in [3.05, 3.63) is 47.4 Å². The Balaban J connectivity index is 1.66. The third kappa shape index (κ3) is 3.26. The third-order valence-corrected chi connectivity index (χ3v) is 4.22. The molecule has 1 fully saturated rings. The molecule has 0 spiro atoms. The van der Waals surface area contributed by atoms with E-state index in [1.807, 2.05) is 0 Å². The van der Waals surface area contributed by atoms with Crippen LogP contribution >= 0.6 is 0 Å². The van der Waals surface area contributed by atoms with Crippen molar-refractivity contribution in [2.45, 2.75) is 32.8 Å². The molecule has 0 amide bonds. The summed E-state index contributed by atoms with van der Waals surface area (Å²) in [5.41, 5.74) is 2.74. The van der Waals surface area contributed by atoms with Gasteiger partial charge in [-0.15, -0.1) is 0 Å². The number of rotatable bonds is 3. The lowest BCUT2D eigenvalue weighted by Gasteiger charge is -2.33. The monoisotopic (exact) mass is 308 g/mol. The summed E-state index contributed by atoms with van der Waals surface area (Å²) in [6.07, 6.45) is 5.21. The summed E-state index contributed by atoms with van der Waals surface area (Å²) in [6, 6.07) is 8.32. The van der Waals surface area contributed by atoms with Gasteiger partial charge in [0.2, 0.25) is 0 Å². The van der Waals surface area contributed by atoms with E-state index in [0.717, 1.165) is 31.7 Å². The van der Waals surface area contributed by atoms with Gasteiger partial charge in [-0.25, -0.2) is 9.97 Å². The molecule has 3 rings (SSSR count). The van der Waals surface area contributed by atoms with Crippen molar-refractivity contribution in [3.63, 3.8) is 0 Å². The summed E-state index contributed by atoms with van der Waals surface area (Å²) in [4.78, 5) is 10.5. The maximum Gasteiger partial charge on any atom is 0.183 e. The molecule has 5 heteroatoms. The SMILES string of the molecule is Cc1cccc(C)c1OC1CCN(c2nccnc2C#N)CC1. The average Bonchev–Trinajstić information content (AvgIpc) is 2.59. The molecular weight excluding hydrogens is 288 g/mol. The lowest BCUT2D eigenvalue weighted by Crippen LogP contribution is -2.39. The summed E-state index contributed by atoms with van der Waals surface area (Å²) in [5, 5.41) is 9.15. The summed E-state index contributed by atoms with van der Waals surface area (Å²) in [5.74, 6) is 1.68. The van der Waals surface area contributed by atoms with E-state index in [1.165, 1.54) is 11.1 Å². The van der Waals surface area contributed by atoms with Gasteiger partial charge in [-0.05, 0) is 25.0 Å². The molecular formula is C18H20N4O. The first-order chi connectivity index (χ1) is 11.2. The standard InChI is InChI=1S/C18H20N4O/c1-13-4-3-5-14(2)17(13)23-15-6-10-22(11-7-15)18-16(12-19)20-8-9-21-18/h3-5,8-9,15H,6-7,10-11H2,1-2H3. The smallest absolute Gasteiger partial charge is 0.183 e. The molecule has 1 saturated heterocycles. The largest absolute Gasteiger partial charge is 0.490 e. The molecule has 1 aliphatic heterocycles. The second-order valence-corrected chi connectivity index (χ2v) is 5.87. The highest BCUT2D eigenvalue weighted by molar-refractivity contribution is 5.49. The molecule has 0 radical (unpaired) electrons. The van der Waals surface area contributed by atoms with Crippen LogP contribution in [0.25, 0.3) is 0 Å². The zero-order valence-corrected chi connectivity index (χ0v) is 13.5. The maximum absolute atomic E-state index is 9.15. The molecule has 1 aromatic carbocycles. The first-order valence-corrected chi connectivity index (χ1v) is 7.88. The molecule has 5 nitrogen and oxygen atoms in total. The molecule has 23 heavy (non-hydrogen) atoms. The quantitative estimate of drug-likeness (QED) is 0.872. The fourth-order valence-corrected chi connectivity index (χ4v) is 2.98. The molecule has 2 aromatic rings. The Hall–Kier alpha value is -2.61. The van der Waals surface area contributed by atoms with E-state index in [1.54, 1.807) is 12.4 Å². The fraction of sp³-hybridized carbons (Fsp3) is 0.389. The number of para-hydroxylation sites is 1. The Morgan fingerprint density at radius 3 is 2.43 bits per heavy atom. The van der Waals surface area contributed by atoms with Crippen LogP contribution in [0.1, 0.15) is 29.7 Å². The van der Waals surface area contributed by atoms with E-state index in [9.17, 15) is 0 Å². The molecule has 1 aromatic heterocycles. The minimum absolute atomic E-state index is 0.202. The number of hydrogen-bond acceptors (Lipinski definition) is 5. The van der Waals surface area contributed by atoms with Crippen molar-refractivity contribution >= 4 is 5.82 Å². The number of benzene rings is 1. The predicted octanol–water partition coefficient (Wildman–Crippen LogP) is 3.01. The summed E-state index contributed by atoms with van der Waals surface area (Å²) < 4.78 is 6.23. The normalized spacial score (nSPS) is 15.3. The van der Waals surface area contributed by atoms with Crippen LogP contribution in [-0.4, -0.2) is 29.2 Å². The molecule has 0 unspecified atom stereocenters. The van der Waals surface area contributed by atoms with Crippen molar-refractivity contribution in [2.24, 2.45) is 0 Å². The van der Waals surface area contributed by atoms with Gasteiger partial charge in [0.25, 0.3) is 0 Å². The van der Waals surface area contributed by atoms with E-state index < -0.39 is 0 Å². The number of aryl methyl sites for hydroxylation is 2. The van der Waals surface area contributed by atoms with Gasteiger partial charge in [0.1, 0.15) is 17.9 Å². The second kappa shape index (κ2) is 6.66. The number of hydrogen-bond donors (Lipinski definition) is 0. The predicted molar refractivity (Wildman–Crippen MR) is 88.5 cm³/mol. The average molecular weight is 308 g/mol. The van der Waals surface area contributed by atoms with Crippen molar-refractivity contribution in [2.75, 3.05) is 18.0 Å². The zero-order valence-electron chi connectivity index (χ0n) is 13.5. The topological polar surface area (TPSA) is 62.0 Å². The van der Waals surface area contributed by atoms with Crippen molar-refractivity contribution in [3.8, 4) is 11.8 Å². The Morgan fingerprint density at radius 2 is 1.78 bits per heavy atom. The molecule has 0 bridgehead atoms. The van der Waals surface area contributed by atoms with Crippen LogP contribution < -0.4 is 9.64 Å². The van der Waals surface area contributed by atoms with Crippen LogP contribution in [-0.2, 0) is 0 Å². The minimum Gasteiger partial charge on any atom is -0.490 e. The van der Waals surface area contributed by atoms with Crippen molar-refractivity contribution < 1.29 is 4.74 Å². The minimum atomic E-state index is 0.202. The highest BCUT2D eigenvalue weighted by Gasteiger charge is 2.24. The Morgan fingerprint density at radius 1 is 1.13 bits per heavy atom. The number of ether oxygens (including phenoxy) is 1. The van der Waals surface area contributed by atoms with Gasteiger partial charge in [-0.3, -0.25) is 0 Å². The summed E-state index contributed by atoms with van der Waals surface area (Å²) in [7, 11) is 0. The van der Waals surface area contributed by atoms with Gasteiger partial charge in [-0.1, -0.05) is 18.2 Å². The highest BCUT2D eigenvalue weighted by atomic mass is 16.5. The van der Waals surface area contributed by atoms with E-state index in [-0.39, 0.29) is 6.10 Å². The van der Waals surface area contributed by atoms with E-state index in [2.05, 4.69) is 53.0 Å². The second-order valence-electron chi connectivity index (χ2n) is 5.87. The summed E-state index contributed by atoms with van der Waals surface area (Å²) in [6.45, 7) is 5.80. The van der Waals surface area contributed by atoms with Crippen LogP contribution in [0, 0.1) is 25.2 Å². The first kappa shape index (κ1) is 15.3. The molecule has 118 valence electrons. The molecule has 1 aliphatic rings. The maximum atomic E-state index is 9.15. The number of piperidine rings is 1. The summed E-state index contributed by atoms with van der Waals surface area (Å²) >= 11 is 0. The fourth-order valence-electron chi connectivity index (χ4n) is 2.98. The van der Waals surface area contributed by atoms with Gasteiger partial charge in [-0.2, -0.15) is 5.26 Å². The van der Waals surface area contributed by atoms with Gasteiger partial charge in [0, 0.05) is 38.3 Å². The first-order valence-electron chi connectivity index (χ1n) is 7.88. The van der Waals surface area contributed by atoms with E-state index in [4.69, 9.17) is 10.00 Å². The van der Waals surface area contributed by atoms with Gasteiger partial charge < -0.3 is 9.64 Å². The molecule has 2 heterocycles. The van der Waals surface area contributed by atoms with Crippen LogP contribution in [0.3, 0.4) is 0 Å². The van der Waals surface area contributed by atoms with Crippen LogP contribution in [0.2, 0.25) is 0 Å². The van der Waals surface area contributed by atoms with Gasteiger partial charge in [0.15, 0.2) is 11.5 Å². The highest BCUT2D eigenvalue weighted by Crippen LogP contribution is 2.27. The molecule has 0 atom stereocenters. The molecule has 0 saturated carbocycles. The number of anilines is 1. The number of nitriles is 1. The Kier molecular flexibility index (Phi) is 4.42. The molecule has 0 N–H and O–H groups in total. The lowest BCUT2D eigenvalue weighted by atomic mass is 10.1. The number of nitrogens with zero attached hydrogens (tertiary/aromatic N) is 4. The van der Waals surface area contributed by atoms with E-state index in [0.29, 0.717) is 11.5 Å². The zero-order chi connectivity index (χ0) is 16.2. The van der Waals surface area contributed by atoms with Crippen LogP contribution in [0.5, 0.6) is 5.75 Å². The van der Waals surface area contributed by atoms with Crippen LogP contribution in [0.4, 0.5) is 5.82 Å². The third-order valence-electron chi connectivity index (χ3n) is 4.22. The Bertz CT molecular complexity index is 710. The van der Waals surface area contributed by atoms with E-state index >= 15 is 0 Å². The van der Waals surface area contributed by atoms with Crippen LogP contribution in [0.15, 0.2) is 30.6 Å². The molecule has 0 aliphatic carbocycles. The van der Waals surface area contributed by atoms with Gasteiger partial charge >= 0.3 is 0 Å². The van der Waals surface area contributed by atoms with Gasteiger partial charge in [0.05, 0.1) is 0 Å². The lowest BCUT2D eigenvalue weighted by molar-refractivity contribution is 0.168. The van der Waals surface area contributed by atoms with Crippen molar-refractivity contribution in [1.82, 2.24) is 9.97 Å². The number of aromatic nitrogens is 2. The van der Waals surface area contributed by atoms with Crippen molar-refractivity contribution in [1.29, 1.82) is 5.26 Å².